The summed E-state index contributed by atoms with van der Waals surface area (Å²) in [6.45, 7) is 1.78. The molecule has 124 valence electrons. The van der Waals surface area contributed by atoms with Crippen molar-refractivity contribution >= 4 is 23.6 Å². The Hall–Kier alpha value is -3.16. The number of H-pyrrole nitrogens is 1. The molecule has 0 aliphatic carbocycles. The van der Waals surface area contributed by atoms with E-state index in [1.165, 1.54) is 0 Å². The van der Waals surface area contributed by atoms with Crippen molar-refractivity contribution in [3.05, 3.63) is 51.8 Å². The van der Waals surface area contributed by atoms with Crippen molar-refractivity contribution in [2.75, 3.05) is 17.7 Å². The summed E-state index contributed by atoms with van der Waals surface area (Å²) in [4.78, 5) is 43.6. The summed E-state index contributed by atoms with van der Waals surface area (Å²) >= 11 is 0. The molecule has 0 radical (unpaired) electrons. The van der Waals surface area contributed by atoms with Gasteiger partial charge in [-0.3, -0.25) is 19.4 Å². The summed E-state index contributed by atoms with van der Waals surface area (Å²) in [6.07, 6.45) is 0. The zero-order valence-corrected chi connectivity index (χ0v) is 12.9. The number of benzene rings is 1. The quantitative estimate of drug-likeness (QED) is 0.560. The molecule has 2 aromatic rings. The van der Waals surface area contributed by atoms with Crippen LogP contribution < -0.4 is 16.6 Å². The van der Waals surface area contributed by atoms with Gasteiger partial charge in [-0.05, 0) is 12.5 Å². The van der Waals surface area contributed by atoms with Crippen LogP contribution in [0, 0.1) is 5.92 Å². The number of nitrogens with two attached hydrogens (primary N) is 1. The van der Waals surface area contributed by atoms with Crippen molar-refractivity contribution in [1.29, 1.82) is 0 Å². The van der Waals surface area contributed by atoms with E-state index in [2.05, 4.69) is 15.3 Å². The molecule has 2 atom stereocenters. The van der Waals surface area contributed by atoms with Gasteiger partial charge in [0.05, 0.1) is 12.2 Å². The van der Waals surface area contributed by atoms with Crippen LogP contribution in [0.15, 0.2) is 35.1 Å². The number of nitrogens with one attached hydrogen (secondary N) is 2. The number of nitrogens with zero attached hydrogens (tertiary/aromatic N) is 1. The second-order valence-electron chi connectivity index (χ2n) is 5.32. The van der Waals surface area contributed by atoms with Gasteiger partial charge in [-0.1, -0.05) is 30.3 Å². The van der Waals surface area contributed by atoms with Gasteiger partial charge >= 0.3 is 5.97 Å². The Morgan fingerprint density at radius 2 is 2.00 bits per heavy atom. The third-order valence-electron chi connectivity index (χ3n) is 3.84. The molecule has 0 saturated heterocycles. The first-order valence-electron chi connectivity index (χ1n) is 7.45. The number of aromatic nitrogens is 2. The minimum atomic E-state index is -1.17. The van der Waals surface area contributed by atoms with E-state index in [1.54, 1.807) is 37.3 Å². The van der Waals surface area contributed by atoms with Crippen LogP contribution in [0.2, 0.25) is 0 Å². The largest absolute Gasteiger partial charge is 0.465 e. The molecular weight excluding hydrogens is 312 g/mol. The van der Waals surface area contributed by atoms with Crippen molar-refractivity contribution in [3.8, 4) is 0 Å². The lowest BCUT2D eigenvalue weighted by molar-refractivity contribution is -0.151. The Morgan fingerprint density at radius 3 is 2.67 bits per heavy atom. The third kappa shape index (κ3) is 2.62. The number of nitrogen functional groups attached to an aromatic ring is 1. The third-order valence-corrected chi connectivity index (χ3v) is 3.84. The van der Waals surface area contributed by atoms with Crippen molar-refractivity contribution in [3.63, 3.8) is 0 Å². The molecule has 1 aromatic carbocycles. The van der Waals surface area contributed by atoms with Gasteiger partial charge in [-0.25, -0.2) is 0 Å². The van der Waals surface area contributed by atoms with Crippen LogP contribution >= 0.6 is 0 Å². The average Bonchev–Trinajstić information content (AvgIpc) is 2.54. The first kappa shape index (κ1) is 15.7. The van der Waals surface area contributed by atoms with Crippen LogP contribution in [-0.4, -0.2) is 28.5 Å². The highest BCUT2D eigenvalue weighted by atomic mass is 16.5. The van der Waals surface area contributed by atoms with E-state index in [0.717, 1.165) is 0 Å². The minimum Gasteiger partial charge on any atom is -0.465 e. The maximum atomic E-state index is 12.5. The molecule has 4 N–H and O–H groups in total. The summed E-state index contributed by atoms with van der Waals surface area (Å²) in [5.41, 5.74) is 5.88. The smallest absolute Gasteiger partial charge is 0.319 e. The standard InChI is InChI=1S/C16H16N4O4/c1-2-24-15(23)11-9(8-6-4-3-5-7-8)10-12(18-14(11)22)19-16(17)20-13(10)21/h3-7,9,11H,2H2,1H3,(H4,17,18,19,20,21,22)/t9-,11-/m0/s1. The number of fused-ring (bicyclic) bond motifs is 1. The molecule has 8 heteroatoms. The summed E-state index contributed by atoms with van der Waals surface area (Å²) in [5, 5.41) is 2.48. The zero-order chi connectivity index (χ0) is 17.3. The molecule has 0 unspecified atom stereocenters. The number of carbonyl (C=O) groups is 2. The van der Waals surface area contributed by atoms with Crippen LogP contribution in [0.25, 0.3) is 0 Å². The van der Waals surface area contributed by atoms with Gasteiger partial charge in [0, 0.05) is 5.92 Å². The fraction of sp³-hybridized carbons (Fsp3) is 0.250. The lowest BCUT2D eigenvalue weighted by atomic mass is 9.78. The summed E-state index contributed by atoms with van der Waals surface area (Å²) in [6, 6.07) is 8.83. The lowest BCUT2D eigenvalue weighted by Gasteiger charge is -2.30. The molecule has 0 saturated carbocycles. The lowest BCUT2D eigenvalue weighted by Crippen LogP contribution is -2.43. The van der Waals surface area contributed by atoms with E-state index in [1.807, 2.05) is 0 Å². The van der Waals surface area contributed by atoms with Gasteiger partial charge in [-0.2, -0.15) is 4.98 Å². The molecule has 8 nitrogen and oxygen atoms in total. The molecular formula is C16H16N4O4. The predicted octanol–water partition coefficient (Wildman–Crippen LogP) is 0.615. The summed E-state index contributed by atoms with van der Waals surface area (Å²) in [7, 11) is 0. The highest BCUT2D eigenvalue weighted by Gasteiger charge is 2.44. The van der Waals surface area contributed by atoms with Gasteiger partial charge < -0.3 is 15.8 Å². The molecule has 1 amide bonds. The highest BCUT2D eigenvalue weighted by Crippen LogP contribution is 2.38. The van der Waals surface area contributed by atoms with Gasteiger partial charge in [0.1, 0.15) is 11.7 Å². The molecule has 2 heterocycles. The Morgan fingerprint density at radius 1 is 1.29 bits per heavy atom. The maximum absolute atomic E-state index is 12.5. The number of ether oxygens (including phenoxy) is 1. The number of hydrogen-bond acceptors (Lipinski definition) is 6. The topological polar surface area (TPSA) is 127 Å². The molecule has 0 fully saturated rings. The van der Waals surface area contributed by atoms with Crippen molar-refractivity contribution < 1.29 is 14.3 Å². The molecule has 1 aliphatic heterocycles. The van der Waals surface area contributed by atoms with Crippen molar-refractivity contribution in [2.24, 2.45) is 5.92 Å². The highest BCUT2D eigenvalue weighted by molar-refractivity contribution is 6.08. The first-order chi connectivity index (χ1) is 11.5. The maximum Gasteiger partial charge on any atom is 0.319 e. The second-order valence-corrected chi connectivity index (χ2v) is 5.32. The van der Waals surface area contributed by atoms with E-state index >= 15 is 0 Å². The Labute approximate surface area is 137 Å². The van der Waals surface area contributed by atoms with Crippen molar-refractivity contribution in [1.82, 2.24) is 9.97 Å². The van der Waals surface area contributed by atoms with Crippen LogP contribution in [0.5, 0.6) is 0 Å². The number of amides is 1. The van der Waals surface area contributed by atoms with E-state index in [4.69, 9.17) is 10.5 Å². The minimum absolute atomic E-state index is 0.0654. The Kier molecular flexibility index (Phi) is 4.03. The summed E-state index contributed by atoms with van der Waals surface area (Å²) in [5.74, 6) is -3.29. The molecule has 3 rings (SSSR count). The number of anilines is 2. The fourth-order valence-corrected chi connectivity index (χ4v) is 2.89. The molecule has 1 aliphatic rings. The van der Waals surface area contributed by atoms with E-state index < -0.39 is 29.3 Å². The molecule has 1 aromatic heterocycles. The normalized spacial score (nSPS) is 19.3. The number of rotatable bonds is 3. The molecule has 0 bridgehead atoms. The van der Waals surface area contributed by atoms with Gasteiger partial charge in [0.25, 0.3) is 5.56 Å². The van der Waals surface area contributed by atoms with E-state index in [0.29, 0.717) is 5.56 Å². The predicted molar refractivity (Wildman–Crippen MR) is 86.3 cm³/mol. The Balaban J connectivity index is 2.23. The first-order valence-corrected chi connectivity index (χ1v) is 7.45. The van der Waals surface area contributed by atoms with Gasteiger partial charge in [0.2, 0.25) is 11.9 Å². The molecule has 24 heavy (non-hydrogen) atoms. The number of aromatic amines is 1. The van der Waals surface area contributed by atoms with Crippen LogP contribution in [0.1, 0.15) is 24.0 Å². The van der Waals surface area contributed by atoms with Crippen LogP contribution in [-0.2, 0) is 14.3 Å². The fourth-order valence-electron chi connectivity index (χ4n) is 2.89. The van der Waals surface area contributed by atoms with E-state index in [9.17, 15) is 14.4 Å². The van der Waals surface area contributed by atoms with Gasteiger partial charge in [0.15, 0.2) is 0 Å². The number of esters is 1. The van der Waals surface area contributed by atoms with Crippen LogP contribution in [0.4, 0.5) is 11.8 Å². The summed E-state index contributed by atoms with van der Waals surface area (Å²) < 4.78 is 5.03. The SMILES string of the molecule is CCOC(=O)[C@@H]1C(=O)Nc2nc(N)[nH]c(=O)c2[C@@H]1c1ccccc1. The number of hydrogen-bond donors (Lipinski definition) is 3. The van der Waals surface area contributed by atoms with Crippen LogP contribution in [0.3, 0.4) is 0 Å². The van der Waals surface area contributed by atoms with Gasteiger partial charge in [-0.15, -0.1) is 0 Å². The average molecular weight is 328 g/mol. The monoisotopic (exact) mass is 328 g/mol. The Bertz CT molecular complexity index is 847. The van der Waals surface area contributed by atoms with E-state index in [-0.39, 0.29) is 23.9 Å². The zero-order valence-electron chi connectivity index (χ0n) is 12.9. The number of carbonyl (C=O) groups excluding carboxylic acids is 2. The second kappa shape index (κ2) is 6.15. The van der Waals surface area contributed by atoms with Crippen molar-refractivity contribution in [2.45, 2.75) is 12.8 Å². The molecule has 0 spiro atoms.